The van der Waals surface area contributed by atoms with Crippen molar-refractivity contribution in [1.82, 2.24) is 4.72 Å². The van der Waals surface area contributed by atoms with Crippen LogP contribution in [-0.4, -0.2) is 25.2 Å². The van der Waals surface area contributed by atoms with Gasteiger partial charge in [0, 0.05) is 6.04 Å². The Kier molecular flexibility index (Phi) is 3.63. The molecule has 0 heterocycles. The topological polar surface area (TPSA) is 72.2 Å². The maximum Gasteiger partial charge on any atom is 0.218 e. The van der Waals surface area contributed by atoms with Gasteiger partial charge in [-0.2, -0.15) is 0 Å². The highest BCUT2D eigenvalue weighted by Crippen LogP contribution is 2.18. The van der Waals surface area contributed by atoms with Crippen molar-refractivity contribution in [1.29, 1.82) is 0 Å². The Bertz CT molecular complexity index is 281. The standard InChI is InChI=1S/C7H14N2O2S2/c8-7(12)5-13(10,11)9-6-3-1-2-4-6/h6,9H,1-5H2,(H2,8,12). The predicted octanol–water partition coefficient (Wildman–Crippen LogP) is 0.134. The summed E-state index contributed by atoms with van der Waals surface area (Å²) in [7, 11) is -3.28. The van der Waals surface area contributed by atoms with Crippen molar-refractivity contribution in [3.8, 4) is 0 Å². The van der Waals surface area contributed by atoms with Crippen LogP contribution in [0.2, 0.25) is 0 Å². The molecule has 0 radical (unpaired) electrons. The summed E-state index contributed by atoms with van der Waals surface area (Å²) in [5.74, 6) is -0.237. The molecule has 0 amide bonds. The van der Waals surface area contributed by atoms with Gasteiger partial charge in [0.2, 0.25) is 10.0 Å². The maximum absolute atomic E-state index is 11.3. The minimum Gasteiger partial charge on any atom is -0.392 e. The summed E-state index contributed by atoms with van der Waals surface area (Å²) >= 11 is 4.54. The lowest BCUT2D eigenvalue weighted by molar-refractivity contribution is 0.556. The lowest BCUT2D eigenvalue weighted by Crippen LogP contribution is -2.37. The number of hydrogen-bond acceptors (Lipinski definition) is 3. The number of rotatable bonds is 4. The van der Waals surface area contributed by atoms with Crippen molar-refractivity contribution in [2.75, 3.05) is 5.75 Å². The monoisotopic (exact) mass is 222 g/mol. The Balaban J connectivity index is 2.46. The van der Waals surface area contributed by atoms with E-state index < -0.39 is 10.0 Å². The van der Waals surface area contributed by atoms with E-state index in [1.807, 2.05) is 0 Å². The summed E-state index contributed by atoms with van der Waals surface area (Å²) in [5.41, 5.74) is 5.17. The number of sulfonamides is 1. The average Bonchev–Trinajstić information content (AvgIpc) is 2.34. The quantitative estimate of drug-likeness (QED) is 0.663. The van der Waals surface area contributed by atoms with Gasteiger partial charge in [-0.15, -0.1) is 0 Å². The van der Waals surface area contributed by atoms with E-state index in [9.17, 15) is 8.42 Å². The van der Waals surface area contributed by atoms with Crippen LogP contribution < -0.4 is 10.5 Å². The van der Waals surface area contributed by atoms with Crippen LogP contribution in [-0.2, 0) is 10.0 Å². The number of hydrogen-bond donors (Lipinski definition) is 2. The van der Waals surface area contributed by atoms with Crippen molar-refractivity contribution in [2.45, 2.75) is 31.7 Å². The molecule has 1 aliphatic rings. The van der Waals surface area contributed by atoms with Gasteiger partial charge in [0.05, 0.1) is 4.99 Å². The fraction of sp³-hybridized carbons (Fsp3) is 0.857. The first-order chi connectivity index (χ1) is 5.99. The van der Waals surface area contributed by atoms with Gasteiger partial charge in [0.25, 0.3) is 0 Å². The SMILES string of the molecule is NC(=S)CS(=O)(=O)NC1CCCC1. The predicted molar refractivity (Wildman–Crippen MR) is 56.0 cm³/mol. The molecule has 1 fully saturated rings. The van der Waals surface area contributed by atoms with E-state index in [0.29, 0.717) is 0 Å². The molecule has 0 bridgehead atoms. The van der Waals surface area contributed by atoms with Gasteiger partial charge >= 0.3 is 0 Å². The molecule has 1 rings (SSSR count). The smallest absolute Gasteiger partial charge is 0.218 e. The van der Waals surface area contributed by atoms with Gasteiger partial charge in [-0.3, -0.25) is 0 Å². The molecule has 1 aliphatic carbocycles. The second-order valence-corrected chi connectivity index (χ2v) is 5.60. The Morgan fingerprint density at radius 2 is 2.00 bits per heavy atom. The second kappa shape index (κ2) is 4.34. The lowest BCUT2D eigenvalue weighted by Gasteiger charge is -2.11. The van der Waals surface area contributed by atoms with E-state index in [0.717, 1.165) is 25.7 Å². The fourth-order valence-electron chi connectivity index (χ4n) is 1.53. The maximum atomic E-state index is 11.3. The van der Waals surface area contributed by atoms with Crippen LogP contribution in [0.25, 0.3) is 0 Å². The van der Waals surface area contributed by atoms with E-state index in [1.54, 1.807) is 0 Å². The van der Waals surface area contributed by atoms with E-state index >= 15 is 0 Å². The summed E-state index contributed by atoms with van der Waals surface area (Å²) in [6.45, 7) is 0. The summed E-state index contributed by atoms with van der Waals surface area (Å²) in [5, 5.41) is 0. The summed E-state index contributed by atoms with van der Waals surface area (Å²) in [6.07, 6.45) is 4.05. The first-order valence-corrected chi connectivity index (χ1v) is 6.34. The van der Waals surface area contributed by atoms with Gasteiger partial charge in [-0.05, 0) is 12.8 Å². The van der Waals surface area contributed by atoms with Crippen molar-refractivity contribution < 1.29 is 8.42 Å². The normalized spacial score (nSPS) is 19.1. The molecular formula is C7H14N2O2S2. The third kappa shape index (κ3) is 4.02. The molecule has 0 aromatic heterocycles. The highest BCUT2D eigenvalue weighted by molar-refractivity contribution is 7.92. The van der Waals surface area contributed by atoms with Gasteiger partial charge in [0.15, 0.2) is 0 Å². The molecule has 1 saturated carbocycles. The second-order valence-electron chi connectivity index (χ2n) is 3.32. The fourth-order valence-corrected chi connectivity index (χ4v) is 3.19. The molecule has 0 unspecified atom stereocenters. The van der Waals surface area contributed by atoms with E-state index in [2.05, 4.69) is 16.9 Å². The van der Waals surface area contributed by atoms with Crippen LogP contribution in [0, 0.1) is 0 Å². The average molecular weight is 222 g/mol. The zero-order valence-electron chi connectivity index (χ0n) is 7.32. The van der Waals surface area contributed by atoms with Crippen LogP contribution in [0.5, 0.6) is 0 Å². The zero-order chi connectivity index (χ0) is 9.90. The van der Waals surface area contributed by atoms with Crippen molar-refractivity contribution in [2.24, 2.45) is 5.73 Å². The van der Waals surface area contributed by atoms with E-state index in [1.165, 1.54) is 0 Å². The van der Waals surface area contributed by atoms with Crippen molar-refractivity contribution in [3.63, 3.8) is 0 Å². The first kappa shape index (κ1) is 10.9. The number of nitrogens with two attached hydrogens (primary N) is 1. The van der Waals surface area contributed by atoms with Crippen LogP contribution in [0.1, 0.15) is 25.7 Å². The molecule has 0 spiro atoms. The molecule has 0 atom stereocenters. The molecule has 76 valence electrons. The van der Waals surface area contributed by atoms with Gasteiger partial charge in [-0.25, -0.2) is 13.1 Å². The Morgan fingerprint density at radius 3 is 2.46 bits per heavy atom. The van der Waals surface area contributed by atoms with E-state index in [4.69, 9.17) is 5.73 Å². The Morgan fingerprint density at radius 1 is 1.46 bits per heavy atom. The summed E-state index contributed by atoms with van der Waals surface area (Å²) < 4.78 is 25.2. The molecule has 0 aliphatic heterocycles. The Hall–Kier alpha value is -0.200. The molecule has 0 saturated heterocycles. The summed E-state index contributed by atoms with van der Waals surface area (Å²) in [4.78, 5) is 0.0190. The minimum absolute atomic E-state index is 0.0190. The van der Waals surface area contributed by atoms with Crippen LogP contribution in [0.4, 0.5) is 0 Å². The van der Waals surface area contributed by atoms with Crippen LogP contribution in [0.15, 0.2) is 0 Å². The van der Waals surface area contributed by atoms with Crippen molar-refractivity contribution in [3.05, 3.63) is 0 Å². The highest BCUT2D eigenvalue weighted by atomic mass is 32.2. The van der Waals surface area contributed by atoms with Crippen LogP contribution >= 0.6 is 12.2 Å². The molecule has 0 aromatic carbocycles. The van der Waals surface area contributed by atoms with E-state index in [-0.39, 0.29) is 16.8 Å². The number of nitrogens with one attached hydrogen (secondary N) is 1. The van der Waals surface area contributed by atoms with Crippen LogP contribution in [0.3, 0.4) is 0 Å². The number of thiocarbonyl (C=S) groups is 1. The molecule has 0 aromatic rings. The molecular weight excluding hydrogens is 208 g/mol. The molecule has 4 nitrogen and oxygen atoms in total. The molecule has 6 heteroatoms. The molecule has 3 N–H and O–H groups in total. The van der Waals surface area contributed by atoms with Crippen molar-refractivity contribution >= 4 is 27.2 Å². The first-order valence-electron chi connectivity index (χ1n) is 4.28. The summed E-state index contributed by atoms with van der Waals surface area (Å²) in [6, 6.07) is 0.0966. The Labute approximate surface area is 83.9 Å². The third-order valence-electron chi connectivity index (χ3n) is 2.03. The third-order valence-corrected chi connectivity index (χ3v) is 3.74. The van der Waals surface area contributed by atoms with Gasteiger partial charge < -0.3 is 5.73 Å². The highest BCUT2D eigenvalue weighted by Gasteiger charge is 2.21. The largest absolute Gasteiger partial charge is 0.392 e. The van der Waals surface area contributed by atoms with Gasteiger partial charge in [-0.1, -0.05) is 25.1 Å². The van der Waals surface area contributed by atoms with Gasteiger partial charge in [0.1, 0.15) is 5.75 Å². The zero-order valence-corrected chi connectivity index (χ0v) is 8.96. The minimum atomic E-state index is -3.28. The molecule has 13 heavy (non-hydrogen) atoms. The lowest BCUT2D eigenvalue weighted by atomic mass is 10.3.